The van der Waals surface area contributed by atoms with Crippen molar-refractivity contribution in [1.82, 2.24) is 0 Å². The number of rotatable bonds is 13. The second kappa shape index (κ2) is 13.5. The maximum atomic E-state index is 12.1. The molecule has 0 aliphatic rings. The standard InChI is InChI=1S/C21H33NO3/c1-3-5-6-7-8-9-10-12-15-18(4-2)20(23)22-25-21(24)19-16-13-11-14-17-19/h11,13-14,16-18H,3-10,12,15H2,1-2H3,(H,22,23)/p-1. The number of carbonyl (C=O) groups excluding carboxylic acids is 1. The van der Waals surface area contributed by atoms with Gasteiger partial charge in [0.1, 0.15) is 0 Å². The fourth-order valence-corrected chi connectivity index (χ4v) is 2.81. The zero-order chi connectivity index (χ0) is 18.3. The van der Waals surface area contributed by atoms with Crippen molar-refractivity contribution >= 4 is 11.9 Å². The van der Waals surface area contributed by atoms with E-state index in [1.165, 1.54) is 38.5 Å². The Morgan fingerprint density at radius 1 is 1.00 bits per heavy atom. The molecule has 0 radical (unpaired) electrons. The number of hydrogen-bond acceptors (Lipinski definition) is 4. The maximum absolute atomic E-state index is 12.1. The first-order chi connectivity index (χ1) is 12.2. The first kappa shape index (κ1) is 21.2. The van der Waals surface area contributed by atoms with Crippen LogP contribution in [0.2, 0.25) is 0 Å². The van der Waals surface area contributed by atoms with Gasteiger partial charge in [0.05, 0.1) is 5.56 Å². The van der Waals surface area contributed by atoms with Crippen molar-refractivity contribution in [2.75, 3.05) is 0 Å². The summed E-state index contributed by atoms with van der Waals surface area (Å²) in [6, 6.07) is 8.58. The van der Waals surface area contributed by atoms with Crippen LogP contribution in [0, 0.1) is 5.92 Å². The van der Waals surface area contributed by atoms with Gasteiger partial charge in [0.15, 0.2) is 0 Å². The predicted molar refractivity (Wildman–Crippen MR) is 100 cm³/mol. The predicted octanol–water partition coefficient (Wildman–Crippen LogP) is 5.07. The van der Waals surface area contributed by atoms with Crippen molar-refractivity contribution in [2.24, 2.45) is 11.1 Å². The lowest BCUT2D eigenvalue weighted by molar-refractivity contribution is -0.228. The summed E-state index contributed by atoms with van der Waals surface area (Å²) in [5, 5.41) is 15.6. The van der Waals surface area contributed by atoms with Crippen molar-refractivity contribution < 1.29 is 14.7 Å². The quantitative estimate of drug-likeness (QED) is 0.165. The van der Waals surface area contributed by atoms with Gasteiger partial charge in [-0.3, -0.25) is 0 Å². The lowest BCUT2D eigenvalue weighted by atomic mass is 9.97. The molecule has 0 aromatic heterocycles. The molecule has 140 valence electrons. The average molecular weight is 346 g/mol. The van der Waals surface area contributed by atoms with Gasteiger partial charge in [-0.1, -0.05) is 88.6 Å². The molecular formula is C21H32NO3-. The number of hydrogen-bond donors (Lipinski definition) is 0. The van der Waals surface area contributed by atoms with Crippen LogP contribution >= 0.6 is 0 Å². The maximum Gasteiger partial charge on any atom is 0.365 e. The third-order valence-electron chi connectivity index (χ3n) is 4.48. The van der Waals surface area contributed by atoms with E-state index in [1.54, 1.807) is 24.3 Å². The minimum atomic E-state index is -0.587. The highest BCUT2D eigenvalue weighted by molar-refractivity contribution is 5.89. The molecule has 0 saturated carbocycles. The molecule has 0 N–H and O–H groups in total. The third kappa shape index (κ3) is 9.28. The van der Waals surface area contributed by atoms with E-state index in [0.29, 0.717) is 5.56 Å². The Labute approximate surface area is 152 Å². The summed E-state index contributed by atoms with van der Waals surface area (Å²) in [6.07, 6.45) is 11.5. The van der Waals surface area contributed by atoms with E-state index in [9.17, 15) is 9.90 Å². The summed E-state index contributed by atoms with van der Waals surface area (Å²) in [6.45, 7) is 4.20. The van der Waals surface area contributed by atoms with E-state index < -0.39 is 5.97 Å². The molecule has 1 atom stereocenters. The summed E-state index contributed by atoms with van der Waals surface area (Å²) in [4.78, 5) is 16.6. The normalized spacial score (nSPS) is 12.8. The van der Waals surface area contributed by atoms with E-state index in [-0.39, 0.29) is 11.8 Å². The van der Waals surface area contributed by atoms with Crippen molar-refractivity contribution in [3.8, 4) is 0 Å². The monoisotopic (exact) mass is 346 g/mol. The van der Waals surface area contributed by atoms with Crippen LogP contribution in [0.1, 0.15) is 88.4 Å². The molecule has 0 fully saturated rings. The zero-order valence-corrected chi connectivity index (χ0v) is 15.7. The summed E-state index contributed by atoms with van der Waals surface area (Å²) in [5.41, 5.74) is 0.398. The van der Waals surface area contributed by atoms with Crippen LogP contribution < -0.4 is 5.11 Å². The van der Waals surface area contributed by atoms with Crippen LogP contribution in [0.4, 0.5) is 0 Å². The molecule has 0 bridgehead atoms. The van der Waals surface area contributed by atoms with Gasteiger partial charge < -0.3 is 9.94 Å². The third-order valence-corrected chi connectivity index (χ3v) is 4.48. The van der Waals surface area contributed by atoms with Crippen molar-refractivity contribution in [3.05, 3.63) is 35.9 Å². The molecule has 0 aliphatic heterocycles. The van der Waals surface area contributed by atoms with Crippen LogP contribution in [0.15, 0.2) is 35.5 Å². The first-order valence-corrected chi connectivity index (χ1v) is 9.70. The van der Waals surface area contributed by atoms with Gasteiger partial charge in [-0.25, -0.2) is 4.79 Å². The molecule has 25 heavy (non-hydrogen) atoms. The molecule has 1 unspecified atom stereocenters. The fraction of sp³-hybridized carbons (Fsp3) is 0.619. The second-order valence-corrected chi connectivity index (χ2v) is 6.54. The number of carbonyl (C=O) groups is 1. The van der Waals surface area contributed by atoms with Crippen LogP contribution in [0.25, 0.3) is 0 Å². The van der Waals surface area contributed by atoms with Crippen molar-refractivity contribution in [2.45, 2.75) is 78.1 Å². The Bertz CT molecular complexity index is 499. The second-order valence-electron chi connectivity index (χ2n) is 6.54. The van der Waals surface area contributed by atoms with Crippen LogP contribution in [-0.4, -0.2) is 11.9 Å². The van der Waals surface area contributed by atoms with Crippen LogP contribution in [0.5, 0.6) is 0 Å². The lowest BCUT2D eigenvalue weighted by Gasteiger charge is -2.20. The zero-order valence-electron chi connectivity index (χ0n) is 15.7. The Kier molecular flexibility index (Phi) is 11.4. The van der Waals surface area contributed by atoms with Crippen molar-refractivity contribution in [1.29, 1.82) is 0 Å². The largest absolute Gasteiger partial charge is 0.859 e. The molecule has 0 amide bonds. The SMILES string of the molecule is CCCCCCCCCCC(CC)/C([O-])=N/OC(=O)c1ccccc1. The minimum absolute atomic E-state index is 0.149. The van der Waals surface area contributed by atoms with E-state index in [2.05, 4.69) is 12.1 Å². The lowest BCUT2D eigenvalue weighted by Crippen LogP contribution is -2.28. The Morgan fingerprint density at radius 2 is 1.60 bits per heavy atom. The van der Waals surface area contributed by atoms with Gasteiger partial charge in [-0.2, -0.15) is 0 Å². The first-order valence-electron chi connectivity index (χ1n) is 9.70. The summed E-state index contributed by atoms with van der Waals surface area (Å²) >= 11 is 0. The molecule has 1 aromatic carbocycles. The number of oxime groups is 1. The molecule has 4 nitrogen and oxygen atoms in total. The molecular weight excluding hydrogens is 314 g/mol. The molecule has 0 aliphatic carbocycles. The fourth-order valence-electron chi connectivity index (χ4n) is 2.81. The topological polar surface area (TPSA) is 61.7 Å². The van der Waals surface area contributed by atoms with Gasteiger partial charge in [0.25, 0.3) is 0 Å². The van der Waals surface area contributed by atoms with Crippen LogP contribution in [0.3, 0.4) is 0 Å². The van der Waals surface area contributed by atoms with Gasteiger partial charge in [-0.05, 0) is 30.9 Å². The highest BCUT2D eigenvalue weighted by atomic mass is 16.7. The molecule has 4 heteroatoms. The van der Waals surface area contributed by atoms with Gasteiger partial charge >= 0.3 is 5.97 Å². The van der Waals surface area contributed by atoms with Crippen LogP contribution in [-0.2, 0) is 4.84 Å². The van der Waals surface area contributed by atoms with Crippen molar-refractivity contribution in [3.63, 3.8) is 0 Å². The summed E-state index contributed by atoms with van der Waals surface area (Å²) < 4.78 is 0. The number of nitrogens with zero attached hydrogens (tertiary/aromatic N) is 1. The molecule has 1 aromatic rings. The molecule has 1 rings (SSSR count). The average Bonchev–Trinajstić information content (AvgIpc) is 2.65. The van der Waals surface area contributed by atoms with E-state index >= 15 is 0 Å². The van der Waals surface area contributed by atoms with E-state index in [1.807, 2.05) is 13.0 Å². The van der Waals surface area contributed by atoms with E-state index in [0.717, 1.165) is 25.7 Å². The Balaban J connectivity index is 2.26. The highest BCUT2D eigenvalue weighted by Gasteiger charge is 2.09. The minimum Gasteiger partial charge on any atom is -0.859 e. The molecule has 0 heterocycles. The van der Waals surface area contributed by atoms with Gasteiger partial charge in [-0.15, -0.1) is 0 Å². The number of unbranched alkanes of at least 4 members (excludes halogenated alkanes) is 7. The highest BCUT2D eigenvalue weighted by Crippen LogP contribution is 2.16. The van der Waals surface area contributed by atoms with E-state index in [4.69, 9.17) is 4.84 Å². The Morgan fingerprint density at radius 3 is 2.20 bits per heavy atom. The smallest absolute Gasteiger partial charge is 0.365 e. The molecule has 0 spiro atoms. The molecule has 0 saturated heterocycles. The van der Waals surface area contributed by atoms with Gasteiger partial charge in [0, 0.05) is 5.90 Å². The summed E-state index contributed by atoms with van der Waals surface area (Å²) in [7, 11) is 0. The number of benzene rings is 1. The van der Waals surface area contributed by atoms with Gasteiger partial charge in [0.2, 0.25) is 0 Å². The summed E-state index contributed by atoms with van der Waals surface area (Å²) in [5.74, 6) is -1.06. The Hall–Kier alpha value is -1.84.